The van der Waals surface area contributed by atoms with E-state index in [2.05, 4.69) is 25.7 Å². The van der Waals surface area contributed by atoms with Gasteiger partial charge in [-0.1, -0.05) is 6.92 Å². The highest BCUT2D eigenvalue weighted by atomic mass is 16.5. The van der Waals surface area contributed by atoms with Crippen molar-refractivity contribution in [3.05, 3.63) is 0 Å². The molecule has 1 aliphatic heterocycles. The van der Waals surface area contributed by atoms with Crippen molar-refractivity contribution in [2.75, 3.05) is 19.7 Å². The number of hydrogen-bond acceptors (Lipinski definition) is 3. The van der Waals surface area contributed by atoms with Crippen LogP contribution in [0.5, 0.6) is 0 Å². The predicted octanol–water partition coefficient (Wildman–Crippen LogP) is 1.22. The van der Waals surface area contributed by atoms with Crippen molar-refractivity contribution < 1.29 is 4.74 Å². The summed E-state index contributed by atoms with van der Waals surface area (Å²) >= 11 is 0. The standard InChI is InChI=1S/C11H24N2O/c1-4-11-8-13(5-6-14-11)10(3)7-9(2)12/h9-11H,4-8,12H2,1-3H3. The van der Waals surface area contributed by atoms with Crippen LogP contribution < -0.4 is 5.73 Å². The van der Waals surface area contributed by atoms with E-state index in [1.165, 1.54) is 0 Å². The Kier molecular flexibility index (Phi) is 4.85. The quantitative estimate of drug-likeness (QED) is 0.741. The second kappa shape index (κ2) is 5.69. The van der Waals surface area contributed by atoms with Gasteiger partial charge in [-0.2, -0.15) is 0 Å². The molecule has 3 unspecified atom stereocenters. The molecule has 0 radical (unpaired) electrons. The van der Waals surface area contributed by atoms with Crippen LogP contribution in [0.1, 0.15) is 33.6 Å². The fraction of sp³-hybridized carbons (Fsp3) is 1.00. The lowest BCUT2D eigenvalue weighted by atomic mass is 10.1. The number of morpholine rings is 1. The monoisotopic (exact) mass is 200 g/mol. The Bertz CT molecular complexity index is 161. The van der Waals surface area contributed by atoms with Gasteiger partial charge in [0.15, 0.2) is 0 Å². The number of nitrogens with zero attached hydrogens (tertiary/aromatic N) is 1. The molecule has 1 aliphatic rings. The molecule has 3 heteroatoms. The molecule has 14 heavy (non-hydrogen) atoms. The van der Waals surface area contributed by atoms with Gasteiger partial charge in [-0.05, 0) is 26.7 Å². The zero-order chi connectivity index (χ0) is 10.6. The summed E-state index contributed by atoms with van der Waals surface area (Å²) in [5, 5.41) is 0. The molecular formula is C11H24N2O. The van der Waals surface area contributed by atoms with Gasteiger partial charge in [0.2, 0.25) is 0 Å². The smallest absolute Gasteiger partial charge is 0.0700 e. The minimum Gasteiger partial charge on any atom is -0.376 e. The lowest BCUT2D eigenvalue weighted by Crippen LogP contribution is -2.47. The third kappa shape index (κ3) is 3.56. The molecule has 0 aromatic heterocycles. The summed E-state index contributed by atoms with van der Waals surface area (Å²) in [5.41, 5.74) is 5.81. The van der Waals surface area contributed by atoms with Crippen molar-refractivity contribution in [2.45, 2.75) is 51.8 Å². The van der Waals surface area contributed by atoms with E-state index in [0.29, 0.717) is 18.2 Å². The predicted molar refractivity (Wildman–Crippen MR) is 59.3 cm³/mol. The normalized spacial score (nSPS) is 28.7. The van der Waals surface area contributed by atoms with E-state index in [1.807, 2.05) is 0 Å². The van der Waals surface area contributed by atoms with Gasteiger partial charge >= 0.3 is 0 Å². The van der Waals surface area contributed by atoms with Crippen molar-refractivity contribution in [3.63, 3.8) is 0 Å². The van der Waals surface area contributed by atoms with Gasteiger partial charge in [-0.15, -0.1) is 0 Å². The molecule has 0 saturated carbocycles. The number of ether oxygens (including phenoxy) is 1. The topological polar surface area (TPSA) is 38.5 Å². The van der Waals surface area contributed by atoms with Crippen LogP contribution in [0.25, 0.3) is 0 Å². The highest BCUT2D eigenvalue weighted by Gasteiger charge is 2.23. The zero-order valence-corrected chi connectivity index (χ0v) is 9.70. The molecule has 0 amide bonds. The number of rotatable bonds is 4. The average molecular weight is 200 g/mol. The first kappa shape index (κ1) is 12.0. The minimum atomic E-state index is 0.299. The van der Waals surface area contributed by atoms with Crippen molar-refractivity contribution in [1.82, 2.24) is 4.90 Å². The molecule has 2 N–H and O–H groups in total. The third-order valence-corrected chi connectivity index (χ3v) is 2.96. The van der Waals surface area contributed by atoms with Crippen LogP contribution in [0.15, 0.2) is 0 Å². The Morgan fingerprint density at radius 3 is 2.79 bits per heavy atom. The Hall–Kier alpha value is -0.120. The summed E-state index contributed by atoms with van der Waals surface area (Å²) in [6.45, 7) is 9.54. The van der Waals surface area contributed by atoms with Gasteiger partial charge in [0, 0.05) is 25.2 Å². The number of hydrogen-bond donors (Lipinski definition) is 1. The Labute approximate surface area is 87.6 Å². The first-order valence-corrected chi connectivity index (χ1v) is 5.74. The Morgan fingerprint density at radius 2 is 2.21 bits per heavy atom. The first-order valence-electron chi connectivity index (χ1n) is 5.74. The minimum absolute atomic E-state index is 0.299. The van der Waals surface area contributed by atoms with Crippen LogP contribution in [0.2, 0.25) is 0 Å². The largest absolute Gasteiger partial charge is 0.376 e. The maximum atomic E-state index is 5.81. The molecule has 1 rings (SSSR count). The second-order valence-corrected chi connectivity index (χ2v) is 4.46. The molecule has 1 fully saturated rings. The summed E-state index contributed by atoms with van der Waals surface area (Å²) < 4.78 is 5.64. The summed E-state index contributed by atoms with van der Waals surface area (Å²) in [7, 11) is 0. The van der Waals surface area contributed by atoms with Crippen molar-refractivity contribution in [3.8, 4) is 0 Å². The lowest BCUT2D eigenvalue weighted by molar-refractivity contribution is -0.0434. The first-order chi connectivity index (χ1) is 6.63. The van der Waals surface area contributed by atoms with Gasteiger partial charge in [0.1, 0.15) is 0 Å². The van der Waals surface area contributed by atoms with Gasteiger partial charge in [0.05, 0.1) is 12.7 Å². The van der Waals surface area contributed by atoms with Gasteiger partial charge < -0.3 is 10.5 Å². The molecule has 84 valence electrons. The van der Waals surface area contributed by atoms with E-state index >= 15 is 0 Å². The fourth-order valence-electron chi connectivity index (χ4n) is 2.08. The molecule has 0 aromatic carbocycles. The summed E-state index contributed by atoms with van der Waals surface area (Å²) in [6, 6.07) is 0.890. The molecular weight excluding hydrogens is 176 g/mol. The van der Waals surface area contributed by atoms with Crippen molar-refractivity contribution in [2.24, 2.45) is 5.73 Å². The molecule has 1 heterocycles. The van der Waals surface area contributed by atoms with Crippen LogP contribution in [0.4, 0.5) is 0 Å². The summed E-state index contributed by atoms with van der Waals surface area (Å²) in [5.74, 6) is 0. The summed E-state index contributed by atoms with van der Waals surface area (Å²) in [4.78, 5) is 2.50. The molecule has 0 aromatic rings. The van der Waals surface area contributed by atoms with E-state index in [9.17, 15) is 0 Å². The van der Waals surface area contributed by atoms with E-state index in [1.54, 1.807) is 0 Å². The van der Waals surface area contributed by atoms with Crippen LogP contribution in [-0.2, 0) is 4.74 Å². The molecule has 0 spiro atoms. The summed E-state index contributed by atoms with van der Waals surface area (Å²) in [6.07, 6.45) is 2.62. The Balaban J connectivity index is 2.35. The lowest BCUT2D eigenvalue weighted by Gasteiger charge is -2.37. The van der Waals surface area contributed by atoms with Crippen molar-refractivity contribution in [1.29, 1.82) is 0 Å². The van der Waals surface area contributed by atoms with Gasteiger partial charge in [0.25, 0.3) is 0 Å². The molecule has 0 aliphatic carbocycles. The molecule has 3 nitrogen and oxygen atoms in total. The zero-order valence-electron chi connectivity index (χ0n) is 9.70. The second-order valence-electron chi connectivity index (χ2n) is 4.46. The highest BCUT2D eigenvalue weighted by Crippen LogP contribution is 2.13. The van der Waals surface area contributed by atoms with E-state index in [-0.39, 0.29) is 0 Å². The molecule has 1 saturated heterocycles. The molecule has 3 atom stereocenters. The van der Waals surface area contributed by atoms with Crippen LogP contribution >= 0.6 is 0 Å². The molecule has 0 bridgehead atoms. The van der Waals surface area contributed by atoms with E-state index in [4.69, 9.17) is 10.5 Å². The van der Waals surface area contributed by atoms with Gasteiger partial charge in [-0.25, -0.2) is 0 Å². The average Bonchev–Trinajstić information content (AvgIpc) is 2.17. The van der Waals surface area contributed by atoms with E-state index in [0.717, 1.165) is 32.5 Å². The van der Waals surface area contributed by atoms with Crippen LogP contribution in [0.3, 0.4) is 0 Å². The number of nitrogens with two attached hydrogens (primary N) is 1. The third-order valence-electron chi connectivity index (χ3n) is 2.96. The van der Waals surface area contributed by atoms with E-state index < -0.39 is 0 Å². The van der Waals surface area contributed by atoms with Crippen LogP contribution in [-0.4, -0.2) is 42.8 Å². The van der Waals surface area contributed by atoms with Crippen molar-refractivity contribution >= 4 is 0 Å². The van der Waals surface area contributed by atoms with Crippen LogP contribution in [0, 0.1) is 0 Å². The van der Waals surface area contributed by atoms with Gasteiger partial charge in [-0.3, -0.25) is 4.90 Å². The highest BCUT2D eigenvalue weighted by molar-refractivity contribution is 4.77. The SMILES string of the molecule is CCC1CN(C(C)CC(C)N)CCO1. The fourth-order valence-corrected chi connectivity index (χ4v) is 2.08. The maximum Gasteiger partial charge on any atom is 0.0700 e. The maximum absolute atomic E-state index is 5.81. The Morgan fingerprint density at radius 1 is 1.50 bits per heavy atom.